The second-order valence-corrected chi connectivity index (χ2v) is 7.32. The van der Waals surface area contributed by atoms with Crippen LogP contribution in [-0.2, 0) is 4.74 Å². The van der Waals surface area contributed by atoms with Crippen molar-refractivity contribution in [2.45, 2.75) is 65.1 Å². The largest absolute Gasteiger partial charge is 0.444 e. The number of ether oxygens (including phenoxy) is 1. The van der Waals surface area contributed by atoms with Crippen molar-refractivity contribution in [1.82, 2.24) is 4.90 Å². The third-order valence-electron chi connectivity index (χ3n) is 4.40. The van der Waals surface area contributed by atoms with E-state index in [4.69, 9.17) is 4.74 Å². The molecule has 1 heterocycles. The summed E-state index contributed by atoms with van der Waals surface area (Å²) in [5.74, 6) is 0.660. The van der Waals surface area contributed by atoms with Crippen LogP contribution in [0.15, 0.2) is 0 Å². The van der Waals surface area contributed by atoms with Gasteiger partial charge in [-0.1, -0.05) is 0 Å². The van der Waals surface area contributed by atoms with Crippen molar-refractivity contribution in [2.75, 3.05) is 13.1 Å². The summed E-state index contributed by atoms with van der Waals surface area (Å²) in [6, 6.07) is 0. The maximum absolute atomic E-state index is 12.0. The molecule has 0 aromatic rings. The van der Waals surface area contributed by atoms with Crippen LogP contribution in [0.5, 0.6) is 0 Å². The van der Waals surface area contributed by atoms with Gasteiger partial charge in [-0.15, -0.1) is 0 Å². The van der Waals surface area contributed by atoms with Gasteiger partial charge in [-0.05, 0) is 64.7 Å². The minimum Gasteiger partial charge on any atom is -0.444 e. The zero-order valence-electron chi connectivity index (χ0n) is 12.6. The van der Waals surface area contributed by atoms with Gasteiger partial charge in [0.15, 0.2) is 0 Å². The molecule has 0 bridgehead atoms. The number of aliphatic hydroxyl groups excluding tert-OH is 1. The zero-order chi connectivity index (χ0) is 14.3. The Balaban J connectivity index is 1.79. The Bertz CT molecular complexity index is 338. The molecule has 1 aliphatic carbocycles. The second kappa shape index (κ2) is 4.97. The first kappa shape index (κ1) is 14.6. The van der Waals surface area contributed by atoms with Crippen LogP contribution in [0.1, 0.15) is 53.4 Å². The number of rotatable bonds is 2. The lowest BCUT2D eigenvalue weighted by molar-refractivity contribution is 0.0160. The van der Waals surface area contributed by atoms with E-state index < -0.39 is 5.60 Å². The average Bonchev–Trinajstić information content (AvgIpc) is 2.88. The van der Waals surface area contributed by atoms with E-state index in [1.807, 2.05) is 32.6 Å². The van der Waals surface area contributed by atoms with Gasteiger partial charge in [0, 0.05) is 13.1 Å². The number of carbonyl (C=O) groups excluding carboxylic acids is 1. The number of hydrogen-bond donors (Lipinski definition) is 1. The minimum absolute atomic E-state index is 0.185. The Morgan fingerprint density at radius 1 is 1.42 bits per heavy atom. The summed E-state index contributed by atoms with van der Waals surface area (Å²) in [5, 5.41) is 9.46. The van der Waals surface area contributed by atoms with Crippen molar-refractivity contribution >= 4 is 6.09 Å². The molecule has 1 N–H and O–H groups in total. The van der Waals surface area contributed by atoms with Crippen molar-refractivity contribution in [3.63, 3.8) is 0 Å². The van der Waals surface area contributed by atoms with Crippen LogP contribution in [0.3, 0.4) is 0 Å². The predicted octanol–water partition coefficient (Wildman–Crippen LogP) is 2.79. The van der Waals surface area contributed by atoms with Gasteiger partial charge < -0.3 is 14.7 Å². The van der Waals surface area contributed by atoms with E-state index in [-0.39, 0.29) is 12.2 Å². The molecule has 19 heavy (non-hydrogen) atoms. The predicted molar refractivity (Wildman–Crippen MR) is 73.9 cm³/mol. The summed E-state index contributed by atoms with van der Waals surface area (Å²) in [4.78, 5) is 13.8. The van der Waals surface area contributed by atoms with Crippen LogP contribution in [0.25, 0.3) is 0 Å². The van der Waals surface area contributed by atoms with Gasteiger partial charge in [0.1, 0.15) is 5.60 Å². The van der Waals surface area contributed by atoms with Crippen LogP contribution in [0, 0.1) is 11.3 Å². The second-order valence-electron chi connectivity index (χ2n) is 7.32. The number of nitrogens with zero attached hydrogens (tertiary/aromatic N) is 1. The molecule has 2 aliphatic rings. The molecule has 1 aliphatic heterocycles. The van der Waals surface area contributed by atoms with Crippen molar-refractivity contribution in [2.24, 2.45) is 11.3 Å². The summed E-state index contributed by atoms with van der Waals surface area (Å²) >= 11 is 0. The van der Waals surface area contributed by atoms with Crippen LogP contribution < -0.4 is 0 Å². The van der Waals surface area contributed by atoms with Crippen LogP contribution in [0.4, 0.5) is 4.79 Å². The Kier molecular flexibility index (Phi) is 3.83. The lowest BCUT2D eigenvalue weighted by Gasteiger charge is -2.34. The maximum Gasteiger partial charge on any atom is 0.410 e. The molecule has 2 fully saturated rings. The number of likely N-dealkylation sites (tertiary alicyclic amines) is 1. The third kappa shape index (κ3) is 3.62. The van der Waals surface area contributed by atoms with Gasteiger partial charge in [0.2, 0.25) is 0 Å². The molecule has 1 spiro atoms. The number of aliphatic hydroxyl groups is 1. The molecular weight excluding hydrogens is 242 g/mol. The number of hydrogen-bond acceptors (Lipinski definition) is 3. The Morgan fingerprint density at radius 2 is 2.00 bits per heavy atom. The fourth-order valence-electron chi connectivity index (χ4n) is 3.25. The van der Waals surface area contributed by atoms with Crippen molar-refractivity contribution in [3.8, 4) is 0 Å². The molecule has 1 saturated carbocycles. The molecule has 1 amide bonds. The number of piperidine rings is 1. The van der Waals surface area contributed by atoms with Gasteiger partial charge in [-0.25, -0.2) is 4.79 Å². The Labute approximate surface area is 116 Å². The highest BCUT2D eigenvalue weighted by Crippen LogP contribution is 2.61. The van der Waals surface area contributed by atoms with Gasteiger partial charge >= 0.3 is 6.09 Å². The first-order valence-corrected chi connectivity index (χ1v) is 7.38. The first-order chi connectivity index (χ1) is 8.72. The van der Waals surface area contributed by atoms with Gasteiger partial charge in [0.05, 0.1) is 6.10 Å². The standard InChI is InChI=1S/C15H27NO3/c1-11(17)9-12-10-15(12)5-7-16(8-6-15)13(18)19-14(2,3)4/h11-12,17H,5-10H2,1-4H3/t11?,12-/m1/s1. The third-order valence-corrected chi connectivity index (χ3v) is 4.40. The normalized spacial score (nSPS) is 27.2. The van der Waals surface area contributed by atoms with E-state index in [0.29, 0.717) is 11.3 Å². The van der Waals surface area contributed by atoms with Crippen molar-refractivity contribution < 1.29 is 14.6 Å². The summed E-state index contributed by atoms with van der Waals surface area (Å²) in [6.45, 7) is 9.15. The quantitative estimate of drug-likeness (QED) is 0.838. The summed E-state index contributed by atoms with van der Waals surface area (Å²) in [7, 11) is 0. The summed E-state index contributed by atoms with van der Waals surface area (Å²) in [5.41, 5.74) is -0.00381. The van der Waals surface area contributed by atoms with E-state index in [1.54, 1.807) is 0 Å². The summed E-state index contributed by atoms with van der Waals surface area (Å²) in [6.07, 6.45) is 3.86. The molecule has 1 unspecified atom stereocenters. The van der Waals surface area contributed by atoms with Gasteiger partial charge in [0.25, 0.3) is 0 Å². The van der Waals surface area contributed by atoms with E-state index in [2.05, 4.69) is 0 Å². The monoisotopic (exact) mass is 269 g/mol. The van der Waals surface area contributed by atoms with Gasteiger partial charge in [-0.3, -0.25) is 0 Å². The lowest BCUT2D eigenvalue weighted by atomic mass is 9.89. The van der Waals surface area contributed by atoms with E-state index in [9.17, 15) is 9.90 Å². The molecule has 0 aromatic heterocycles. The fourth-order valence-corrected chi connectivity index (χ4v) is 3.25. The lowest BCUT2D eigenvalue weighted by Crippen LogP contribution is -2.42. The van der Waals surface area contributed by atoms with E-state index in [0.717, 1.165) is 32.4 Å². The molecule has 2 rings (SSSR count). The van der Waals surface area contributed by atoms with Crippen molar-refractivity contribution in [3.05, 3.63) is 0 Å². The fraction of sp³-hybridized carbons (Fsp3) is 0.933. The average molecular weight is 269 g/mol. The first-order valence-electron chi connectivity index (χ1n) is 7.38. The smallest absolute Gasteiger partial charge is 0.410 e. The molecule has 1 saturated heterocycles. The topological polar surface area (TPSA) is 49.8 Å². The SMILES string of the molecule is CC(O)C[C@@H]1CC12CCN(C(=O)OC(C)(C)C)CC2. The Hall–Kier alpha value is -0.770. The van der Waals surface area contributed by atoms with Crippen LogP contribution in [-0.4, -0.2) is 40.9 Å². The minimum atomic E-state index is -0.416. The Morgan fingerprint density at radius 3 is 2.47 bits per heavy atom. The maximum atomic E-state index is 12.0. The number of amides is 1. The molecule has 0 aromatic carbocycles. The highest BCUT2D eigenvalue weighted by molar-refractivity contribution is 5.68. The number of carbonyl (C=O) groups is 1. The molecule has 4 nitrogen and oxygen atoms in total. The highest BCUT2D eigenvalue weighted by Gasteiger charge is 2.55. The summed E-state index contributed by atoms with van der Waals surface area (Å²) < 4.78 is 5.40. The highest BCUT2D eigenvalue weighted by atomic mass is 16.6. The molecule has 110 valence electrons. The van der Waals surface area contributed by atoms with E-state index >= 15 is 0 Å². The van der Waals surface area contributed by atoms with Gasteiger partial charge in [-0.2, -0.15) is 0 Å². The molecular formula is C15H27NO3. The molecule has 0 radical (unpaired) electrons. The van der Waals surface area contributed by atoms with Crippen LogP contribution >= 0.6 is 0 Å². The molecule has 2 atom stereocenters. The van der Waals surface area contributed by atoms with Crippen molar-refractivity contribution in [1.29, 1.82) is 0 Å². The van der Waals surface area contributed by atoms with Crippen LogP contribution in [0.2, 0.25) is 0 Å². The van der Waals surface area contributed by atoms with E-state index in [1.165, 1.54) is 6.42 Å². The zero-order valence-corrected chi connectivity index (χ0v) is 12.6. The molecule has 4 heteroatoms.